The summed E-state index contributed by atoms with van der Waals surface area (Å²) in [6, 6.07) is 22.9. The summed E-state index contributed by atoms with van der Waals surface area (Å²) >= 11 is 0. The van der Waals surface area contributed by atoms with Crippen LogP contribution in [0.5, 0.6) is 0 Å². The van der Waals surface area contributed by atoms with E-state index in [-0.39, 0.29) is 0 Å². The molecular weight excluding hydrogens is 444 g/mol. The Balaban J connectivity index is 1.48. The molecule has 4 rings (SSSR count). The van der Waals surface area contributed by atoms with Gasteiger partial charge in [0, 0.05) is 37.0 Å². The Labute approximate surface area is 201 Å². The van der Waals surface area contributed by atoms with Crippen LogP contribution in [0.2, 0.25) is 6.04 Å². The SMILES string of the molecule is CCO[Si](C/C=C/c1ccc(-c2nnc(-c3cccc4ccccc34)o2)cc1)(OCC)OCC. The summed E-state index contributed by atoms with van der Waals surface area (Å²) in [5.74, 6) is 1.01. The van der Waals surface area contributed by atoms with E-state index < -0.39 is 8.80 Å². The van der Waals surface area contributed by atoms with Crippen molar-refractivity contribution < 1.29 is 17.7 Å². The summed E-state index contributed by atoms with van der Waals surface area (Å²) in [6.45, 7) is 7.60. The first-order valence-electron chi connectivity index (χ1n) is 11.7. The summed E-state index contributed by atoms with van der Waals surface area (Å²) < 4.78 is 23.7. The fourth-order valence-electron chi connectivity index (χ4n) is 3.90. The molecule has 4 aromatic rings. The maximum absolute atomic E-state index is 6.03. The Morgan fingerprint density at radius 3 is 2.12 bits per heavy atom. The number of benzene rings is 3. The summed E-state index contributed by atoms with van der Waals surface area (Å²) in [7, 11) is -2.68. The average Bonchev–Trinajstić information content (AvgIpc) is 3.35. The molecule has 1 heterocycles. The number of aromatic nitrogens is 2. The van der Waals surface area contributed by atoms with Gasteiger partial charge in [0.25, 0.3) is 0 Å². The molecular formula is C27H30N2O4Si. The van der Waals surface area contributed by atoms with E-state index in [1.54, 1.807) is 0 Å². The van der Waals surface area contributed by atoms with Gasteiger partial charge in [-0.3, -0.25) is 0 Å². The molecule has 1 aromatic heterocycles. The van der Waals surface area contributed by atoms with Crippen LogP contribution in [0.25, 0.3) is 39.8 Å². The standard InChI is InChI=1S/C27H30N2O4Si/c1-4-30-34(31-5-2,32-6-3)20-10-11-21-16-18-23(19-17-21)26-28-29-27(33-26)25-15-9-13-22-12-7-8-14-24(22)25/h7-19H,4-6,20H2,1-3H3/b11-10+. The number of allylic oxidation sites excluding steroid dienone is 1. The molecule has 34 heavy (non-hydrogen) atoms. The predicted molar refractivity (Wildman–Crippen MR) is 137 cm³/mol. The smallest absolute Gasteiger partial charge is 0.416 e. The van der Waals surface area contributed by atoms with Crippen molar-refractivity contribution in [2.24, 2.45) is 0 Å². The van der Waals surface area contributed by atoms with Crippen LogP contribution >= 0.6 is 0 Å². The number of nitrogens with zero attached hydrogens (tertiary/aromatic N) is 2. The van der Waals surface area contributed by atoms with Crippen molar-refractivity contribution in [3.63, 3.8) is 0 Å². The zero-order valence-corrected chi connectivity index (χ0v) is 20.9. The number of hydrogen-bond acceptors (Lipinski definition) is 6. The Morgan fingerprint density at radius 2 is 1.41 bits per heavy atom. The quantitative estimate of drug-likeness (QED) is 0.228. The lowest BCUT2D eigenvalue weighted by Gasteiger charge is -2.27. The van der Waals surface area contributed by atoms with E-state index in [4.69, 9.17) is 17.7 Å². The fourth-order valence-corrected chi connectivity index (χ4v) is 6.23. The van der Waals surface area contributed by atoms with E-state index in [1.807, 2.05) is 69.3 Å². The normalized spacial score (nSPS) is 12.1. The van der Waals surface area contributed by atoms with Crippen molar-refractivity contribution in [2.75, 3.05) is 19.8 Å². The second-order valence-electron chi connectivity index (χ2n) is 7.65. The first-order chi connectivity index (χ1) is 16.7. The Kier molecular flexibility index (Phi) is 8.02. The minimum atomic E-state index is -2.68. The van der Waals surface area contributed by atoms with Gasteiger partial charge in [0.2, 0.25) is 11.8 Å². The Morgan fingerprint density at radius 1 is 0.765 bits per heavy atom. The molecule has 0 spiro atoms. The predicted octanol–water partition coefficient (Wildman–Crippen LogP) is 6.62. The van der Waals surface area contributed by atoms with Crippen molar-refractivity contribution in [2.45, 2.75) is 26.8 Å². The van der Waals surface area contributed by atoms with Gasteiger partial charge < -0.3 is 17.7 Å². The third-order valence-electron chi connectivity index (χ3n) is 5.37. The Hall–Kier alpha value is -3.10. The van der Waals surface area contributed by atoms with E-state index in [0.717, 1.165) is 27.5 Å². The van der Waals surface area contributed by atoms with Crippen molar-refractivity contribution in [1.29, 1.82) is 0 Å². The minimum absolute atomic E-state index is 0.494. The van der Waals surface area contributed by atoms with Gasteiger partial charge in [0.15, 0.2) is 0 Å². The molecule has 0 amide bonds. The van der Waals surface area contributed by atoms with Crippen molar-refractivity contribution in [3.05, 3.63) is 78.4 Å². The van der Waals surface area contributed by atoms with Gasteiger partial charge >= 0.3 is 8.80 Å². The minimum Gasteiger partial charge on any atom is -0.416 e. The lowest BCUT2D eigenvalue weighted by atomic mass is 10.0. The van der Waals surface area contributed by atoms with Gasteiger partial charge in [-0.05, 0) is 55.3 Å². The largest absolute Gasteiger partial charge is 0.504 e. The first kappa shape index (κ1) is 24.0. The summed E-state index contributed by atoms with van der Waals surface area (Å²) in [5.41, 5.74) is 2.87. The number of fused-ring (bicyclic) bond motifs is 1. The lowest BCUT2D eigenvalue weighted by molar-refractivity contribution is 0.0743. The molecule has 0 fully saturated rings. The second-order valence-corrected chi connectivity index (χ2v) is 10.3. The molecule has 0 saturated carbocycles. The maximum atomic E-state index is 6.03. The molecule has 0 aliphatic carbocycles. The highest BCUT2D eigenvalue weighted by Gasteiger charge is 2.38. The molecule has 0 atom stereocenters. The fraction of sp³-hybridized carbons (Fsp3) is 0.259. The molecule has 0 aliphatic rings. The van der Waals surface area contributed by atoms with Crippen LogP contribution in [0.1, 0.15) is 26.3 Å². The van der Waals surface area contributed by atoms with Crippen molar-refractivity contribution in [3.8, 4) is 22.9 Å². The monoisotopic (exact) mass is 474 g/mol. The van der Waals surface area contributed by atoms with Crippen molar-refractivity contribution >= 4 is 25.7 Å². The molecule has 0 aliphatic heterocycles. The van der Waals surface area contributed by atoms with Crippen LogP contribution in [-0.2, 0) is 13.3 Å². The molecule has 0 bridgehead atoms. The third-order valence-corrected chi connectivity index (χ3v) is 8.29. The van der Waals surface area contributed by atoms with Crippen LogP contribution in [-0.4, -0.2) is 38.8 Å². The topological polar surface area (TPSA) is 66.6 Å². The highest BCUT2D eigenvalue weighted by atomic mass is 28.4. The zero-order valence-electron chi connectivity index (χ0n) is 19.9. The molecule has 7 heteroatoms. The molecule has 176 valence electrons. The van der Waals surface area contributed by atoms with Crippen LogP contribution in [0.3, 0.4) is 0 Å². The van der Waals surface area contributed by atoms with Gasteiger partial charge in [0.1, 0.15) is 0 Å². The van der Waals surface area contributed by atoms with Crippen LogP contribution in [0, 0.1) is 0 Å². The summed E-state index contributed by atoms with van der Waals surface area (Å²) in [6.07, 6.45) is 4.12. The van der Waals surface area contributed by atoms with Gasteiger partial charge in [-0.1, -0.05) is 60.7 Å². The molecule has 6 nitrogen and oxygen atoms in total. The molecule has 3 aromatic carbocycles. The van der Waals surface area contributed by atoms with E-state index >= 15 is 0 Å². The van der Waals surface area contributed by atoms with E-state index in [9.17, 15) is 0 Å². The highest BCUT2D eigenvalue weighted by Crippen LogP contribution is 2.30. The number of rotatable bonds is 11. The Bertz CT molecular complexity index is 1210. The zero-order chi connectivity index (χ0) is 23.8. The van der Waals surface area contributed by atoms with Crippen LogP contribution < -0.4 is 0 Å². The average molecular weight is 475 g/mol. The molecule has 0 radical (unpaired) electrons. The maximum Gasteiger partial charge on any atom is 0.504 e. The summed E-state index contributed by atoms with van der Waals surface area (Å²) in [4.78, 5) is 0. The molecule has 0 saturated heterocycles. The van der Waals surface area contributed by atoms with Crippen molar-refractivity contribution in [1.82, 2.24) is 10.2 Å². The lowest BCUT2D eigenvalue weighted by Crippen LogP contribution is -2.45. The number of hydrogen-bond donors (Lipinski definition) is 0. The summed E-state index contributed by atoms with van der Waals surface area (Å²) in [5, 5.41) is 10.8. The van der Waals surface area contributed by atoms with Crippen LogP contribution in [0.4, 0.5) is 0 Å². The first-order valence-corrected chi connectivity index (χ1v) is 13.6. The van der Waals surface area contributed by atoms with E-state index in [0.29, 0.717) is 37.6 Å². The van der Waals surface area contributed by atoms with Gasteiger partial charge in [-0.25, -0.2) is 0 Å². The second kappa shape index (κ2) is 11.4. The van der Waals surface area contributed by atoms with Gasteiger partial charge in [0.05, 0.1) is 0 Å². The molecule has 0 N–H and O–H groups in total. The van der Waals surface area contributed by atoms with Gasteiger partial charge in [-0.2, -0.15) is 0 Å². The molecule has 0 unspecified atom stereocenters. The van der Waals surface area contributed by atoms with E-state index in [1.165, 1.54) is 0 Å². The highest BCUT2D eigenvalue weighted by molar-refractivity contribution is 6.61. The van der Waals surface area contributed by atoms with Crippen LogP contribution in [0.15, 0.2) is 77.2 Å². The van der Waals surface area contributed by atoms with E-state index in [2.05, 4.69) is 40.5 Å². The third kappa shape index (κ3) is 5.51. The van der Waals surface area contributed by atoms with Gasteiger partial charge in [-0.15, -0.1) is 10.2 Å².